The molecule has 5 rings (SSSR count). The molecule has 31 heavy (non-hydrogen) atoms. The van der Waals surface area contributed by atoms with Crippen LogP contribution in [-0.4, -0.2) is 13.0 Å². The lowest BCUT2D eigenvalue weighted by Crippen LogP contribution is -2.29. The van der Waals surface area contributed by atoms with Crippen LogP contribution in [0.25, 0.3) is 11.0 Å². The number of carbonyl (C=O) groups excluding carboxylic acids is 1. The van der Waals surface area contributed by atoms with Crippen molar-refractivity contribution in [2.24, 2.45) is 0 Å². The number of ether oxygens (including phenoxy) is 1. The standard InChI is InChI=1S/C25H18FNO4/c1-14-5-3-7-17(11-14)27-22(15-6-4-8-18(12-15)30-2)21-23(28)19-13-16(26)9-10-20(19)31-24(21)25(27)29/h3-13,22H,1-2H3. The van der Waals surface area contributed by atoms with Crippen LogP contribution in [-0.2, 0) is 0 Å². The Morgan fingerprint density at radius 2 is 1.81 bits per heavy atom. The van der Waals surface area contributed by atoms with Gasteiger partial charge in [0.15, 0.2) is 5.43 Å². The predicted octanol–water partition coefficient (Wildman–Crippen LogP) is 5.00. The van der Waals surface area contributed by atoms with Gasteiger partial charge in [0.05, 0.1) is 24.1 Å². The van der Waals surface area contributed by atoms with Gasteiger partial charge in [0.25, 0.3) is 5.91 Å². The zero-order valence-electron chi connectivity index (χ0n) is 16.9. The quantitative estimate of drug-likeness (QED) is 0.473. The average molecular weight is 415 g/mol. The number of carbonyl (C=O) groups is 1. The van der Waals surface area contributed by atoms with Gasteiger partial charge in [-0.1, -0.05) is 24.3 Å². The lowest BCUT2D eigenvalue weighted by Gasteiger charge is -2.25. The molecule has 1 aromatic heterocycles. The molecule has 3 aromatic carbocycles. The second-order valence-corrected chi connectivity index (χ2v) is 7.51. The van der Waals surface area contributed by atoms with Crippen molar-refractivity contribution in [1.29, 1.82) is 0 Å². The summed E-state index contributed by atoms with van der Waals surface area (Å²) >= 11 is 0. The third-order valence-corrected chi connectivity index (χ3v) is 5.52. The summed E-state index contributed by atoms with van der Waals surface area (Å²) in [6.45, 7) is 1.93. The van der Waals surface area contributed by atoms with Crippen LogP contribution in [0.5, 0.6) is 5.75 Å². The largest absolute Gasteiger partial charge is 0.497 e. The number of rotatable bonds is 3. The molecule has 0 N–H and O–H groups in total. The molecule has 0 saturated carbocycles. The summed E-state index contributed by atoms with van der Waals surface area (Å²) in [7, 11) is 1.55. The second-order valence-electron chi connectivity index (χ2n) is 7.51. The molecule has 0 aliphatic carbocycles. The van der Waals surface area contributed by atoms with Crippen molar-refractivity contribution in [3.63, 3.8) is 0 Å². The topological polar surface area (TPSA) is 59.8 Å². The average Bonchev–Trinajstić information content (AvgIpc) is 3.07. The second kappa shape index (κ2) is 7.09. The van der Waals surface area contributed by atoms with Gasteiger partial charge in [-0.15, -0.1) is 0 Å². The highest BCUT2D eigenvalue weighted by molar-refractivity contribution is 6.10. The molecule has 4 aromatic rings. The van der Waals surface area contributed by atoms with Crippen LogP contribution in [0.4, 0.5) is 10.1 Å². The Morgan fingerprint density at radius 1 is 1.00 bits per heavy atom. The predicted molar refractivity (Wildman–Crippen MR) is 115 cm³/mol. The van der Waals surface area contributed by atoms with Crippen LogP contribution in [0.3, 0.4) is 0 Å². The molecule has 1 aliphatic rings. The number of methoxy groups -OCH3 is 1. The van der Waals surface area contributed by atoms with Gasteiger partial charge in [-0.05, 0) is 60.5 Å². The van der Waals surface area contributed by atoms with Crippen LogP contribution in [0.2, 0.25) is 0 Å². The molecule has 1 atom stereocenters. The number of benzene rings is 3. The van der Waals surface area contributed by atoms with Crippen molar-refractivity contribution < 1.29 is 18.3 Å². The van der Waals surface area contributed by atoms with Crippen molar-refractivity contribution in [3.8, 4) is 5.75 Å². The molecule has 0 bridgehead atoms. The first-order valence-electron chi connectivity index (χ1n) is 9.78. The first-order chi connectivity index (χ1) is 15.0. The monoisotopic (exact) mass is 415 g/mol. The van der Waals surface area contributed by atoms with E-state index in [0.717, 1.165) is 11.6 Å². The smallest absolute Gasteiger partial charge is 0.295 e. The van der Waals surface area contributed by atoms with Crippen molar-refractivity contribution in [3.05, 3.63) is 105 Å². The molecular weight excluding hydrogens is 397 g/mol. The van der Waals surface area contributed by atoms with E-state index in [4.69, 9.17) is 9.15 Å². The normalized spacial score (nSPS) is 15.4. The molecule has 2 heterocycles. The summed E-state index contributed by atoms with van der Waals surface area (Å²) in [5.41, 5.74) is 2.24. The summed E-state index contributed by atoms with van der Waals surface area (Å²) in [5, 5.41) is 0.102. The third-order valence-electron chi connectivity index (χ3n) is 5.52. The molecule has 6 heteroatoms. The van der Waals surface area contributed by atoms with Gasteiger partial charge in [-0.25, -0.2) is 4.39 Å². The number of hydrogen-bond acceptors (Lipinski definition) is 4. The van der Waals surface area contributed by atoms with Gasteiger partial charge in [-0.2, -0.15) is 0 Å². The van der Waals surface area contributed by atoms with Gasteiger partial charge >= 0.3 is 0 Å². The lowest BCUT2D eigenvalue weighted by atomic mass is 9.98. The van der Waals surface area contributed by atoms with Crippen LogP contribution in [0.1, 0.15) is 33.3 Å². The summed E-state index contributed by atoms with van der Waals surface area (Å²) in [6, 6.07) is 17.7. The van der Waals surface area contributed by atoms with E-state index in [2.05, 4.69) is 0 Å². The highest BCUT2D eigenvalue weighted by Crippen LogP contribution is 2.42. The van der Waals surface area contributed by atoms with E-state index in [9.17, 15) is 14.0 Å². The van der Waals surface area contributed by atoms with E-state index in [1.807, 2.05) is 37.3 Å². The van der Waals surface area contributed by atoms with Crippen molar-refractivity contribution in [2.75, 3.05) is 12.0 Å². The summed E-state index contributed by atoms with van der Waals surface area (Å²) in [5.74, 6) is -0.397. The van der Waals surface area contributed by atoms with Gasteiger partial charge in [0.2, 0.25) is 5.76 Å². The number of nitrogens with zero attached hydrogens (tertiary/aromatic N) is 1. The van der Waals surface area contributed by atoms with Crippen molar-refractivity contribution >= 4 is 22.6 Å². The van der Waals surface area contributed by atoms with Gasteiger partial charge < -0.3 is 9.15 Å². The number of anilines is 1. The fourth-order valence-electron chi connectivity index (χ4n) is 4.12. The van der Waals surface area contributed by atoms with Crippen LogP contribution < -0.4 is 15.1 Å². The number of hydrogen-bond donors (Lipinski definition) is 0. The van der Waals surface area contributed by atoms with E-state index in [0.29, 0.717) is 17.0 Å². The van der Waals surface area contributed by atoms with Crippen molar-refractivity contribution in [2.45, 2.75) is 13.0 Å². The first kappa shape index (κ1) is 19.1. The molecule has 0 fully saturated rings. The fourth-order valence-corrected chi connectivity index (χ4v) is 4.12. The molecule has 154 valence electrons. The zero-order chi connectivity index (χ0) is 21.7. The van der Waals surface area contributed by atoms with E-state index < -0.39 is 23.2 Å². The Morgan fingerprint density at radius 3 is 2.58 bits per heavy atom. The maximum atomic E-state index is 13.9. The molecule has 0 spiro atoms. The minimum atomic E-state index is -0.733. The molecule has 1 unspecified atom stereocenters. The maximum Gasteiger partial charge on any atom is 0.295 e. The first-order valence-corrected chi connectivity index (χ1v) is 9.78. The van der Waals surface area contributed by atoms with Gasteiger partial charge in [0, 0.05) is 5.69 Å². The SMILES string of the molecule is COc1cccc(C2c3c(oc4ccc(F)cc4c3=O)C(=O)N2c2cccc(C)c2)c1. The summed E-state index contributed by atoms with van der Waals surface area (Å²) < 4.78 is 25.1. The third kappa shape index (κ3) is 2.99. The van der Waals surface area contributed by atoms with Crippen LogP contribution in [0, 0.1) is 12.7 Å². The molecular formula is C25H18FNO4. The highest BCUT2D eigenvalue weighted by Gasteiger charge is 2.43. The van der Waals surface area contributed by atoms with Gasteiger partial charge in [-0.3, -0.25) is 14.5 Å². The number of aryl methyl sites for hydroxylation is 1. The minimum absolute atomic E-state index is 0.0292. The Labute approximate surface area is 177 Å². The summed E-state index contributed by atoms with van der Waals surface area (Å²) in [6.07, 6.45) is 0. The van der Waals surface area contributed by atoms with Crippen LogP contribution >= 0.6 is 0 Å². The number of halogens is 1. The van der Waals surface area contributed by atoms with Crippen LogP contribution in [0.15, 0.2) is 75.9 Å². The molecule has 0 saturated heterocycles. The molecule has 1 aliphatic heterocycles. The molecule has 1 amide bonds. The Hall–Kier alpha value is -3.93. The fraction of sp³-hybridized carbons (Fsp3) is 0.120. The maximum absolute atomic E-state index is 13.9. The molecule has 5 nitrogen and oxygen atoms in total. The van der Waals surface area contributed by atoms with E-state index >= 15 is 0 Å². The highest BCUT2D eigenvalue weighted by atomic mass is 19.1. The van der Waals surface area contributed by atoms with E-state index in [1.165, 1.54) is 12.1 Å². The number of fused-ring (bicyclic) bond motifs is 2. The zero-order valence-corrected chi connectivity index (χ0v) is 16.9. The Balaban J connectivity index is 1.83. The summed E-state index contributed by atoms with van der Waals surface area (Å²) in [4.78, 5) is 28.5. The Bertz CT molecular complexity index is 1410. The van der Waals surface area contributed by atoms with E-state index in [1.54, 1.807) is 30.2 Å². The minimum Gasteiger partial charge on any atom is -0.497 e. The molecule has 0 radical (unpaired) electrons. The lowest BCUT2D eigenvalue weighted by molar-refractivity contribution is 0.0971. The van der Waals surface area contributed by atoms with E-state index in [-0.39, 0.29) is 22.3 Å². The van der Waals surface area contributed by atoms with Crippen molar-refractivity contribution in [1.82, 2.24) is 0 Å². The number of amides is 1. The Kier molecular flexibility index (Phi) is 4.36. The van der Waals surface area contributed by atoms with Gasteiger partial charge in [0.1, 0.15) is 17.1 Å².